The molecular formula is C16H27Cl2N3OS. The van der Waals surface area contributed by atoms with E-state index in [9.17, 15) is 4.79 Å². The number of carbonyl (C=O) groups is 1. The Morgan fingerprint density at radius 1 is 1.35 bits per heavy atom. The summed E-state index contributed by atoms with van der Waals surface area (Å²) < 4.78 is 0. The van der Waals surface area contributed by atoms with Gasteiger partial charge in [0.15, 0.2) is 0 Å². The zero-order chi connectivity index (χ0) is 15.0. The van der Waals surface area contributed by atoms with Gasteiger partial charge >= 0.3 is 0 Å². The highest BCUT2D eigenvalue weighted by atomic mass is 35.5. The maximum atomic E-state index is 12.8. The first-order chi connectivity index (χ1) is 10.1. The second-order valence-electron chi connectivity index (χ2n) is 6.59. The number of hydrogen-bond donors (Lipinski definition) is 1. The summed E-state index contributed by atoms with van der Waals surface area (Å²) in [6, 6.07) is 0.294. The molecule has 0 radical (unpaired) electrons. The lowest BCUT2D eigenvalue weighted by Crippen LogP contribution is -2.34. The zero-order valence-electron chi connectivity index (χ0n) is 13.8. The van der Waals surface area contributed by atoms with Crippen LogP contribution in [-0.2, 0) is 0 Å². The highest BCUT2D eigenvalue weighted by Crippen LogP contribution is 2.38. The van der Waals surface area contributed by atoms with Gasteiger partial charge in [-0.15, -0.1) is 36.2 Å². The van der Waals surface area contributed by atoms with Crippen LogP contribution < -0.4 is 5.73 Å². The van der Waals surface area contributed by atoms with Crippen LogP contribution in [0.25, 0.3) is 0 Å². The van der Waals surface area contributed by atoms with Crippen molar-refractivity contribution in [2.75, 3.05) is 13.1 Å². The summed E-state index contributed by atoms with van der Waals surface area (Å²) in [5, 5.41) is 1.18. The Labute approximate surface area is 155 Å². The minimum atomic E-state index is 0. The first-order valence-corrected chi connectivity index (χ1v) is 8.90. The summed E-state index contributed by atoms with van der Waals surface area (Å²) in [5.74, 6) is 1.20. The number of hydrogen-bond acceptors (Lipinski definition) is 4. The summed E-state index contributed by atoms with van der Waals surface area (Å²) in [6.45, 7) is 5.57. The number of nitrogens with zero attached hydrogens (tertiary/aromatic N) is 2. The van der Waals surface area contributed by atoms with Crippen LogP contribution in [0.3, 0.4) is 0 Å². The molecule has 1 aromatic rings. The molecule has 2 unspecified atom stereocenters. The molecule has 2 fully saturated rings. The van der Waals surface area contributed by atoms with Crippen molar-refractivity contribution in [2.45, 2.75) is 57.9 Å². The van der Waals surface area contributed by atoms with E-state index in [-0.39, 0.29) is 30.7 Å². The smallest absolute Gasteiger partial charge is 0.266 e. The van der Waals surface area contributed by atoms with E-state index in [4.69, 9.17) is 10.7 Å². The molecule has 2 heterocycles. The number of halogens is 2. The largest absolute Gasteiger partial charge is 0.335 e. The van der Waals surface area contributed by atoms with E-state index >= 15 is 0 Å². The van der Waals surface area contributed by atoms with Gasteiger partial charge in [-0.25, -0.2) is 4.98 Å². The average molecular weight is 380 g/mol. The van der Waals surface area contributed by atoms with Crippen molar-refractivity contribution in [3.63, 3.8) is 0 Å². The van der Waals surface area contributed by atoms with Crippen molar-refractivity contribution in [1.82, 2.24) is 9.88 Å². The van der Waals surface area contributed by atoms with Crippen molar-refractivity contribution in [3.8, 4) is 0 Å². The molecule has 3 rings (SSSR count). The number of aryl methyl sites for hydroxylation is 1. The van der Waals surface area contributed by atoms with Crippen molar-refractivity contribution < 1.29 is 4.79 Å². The van der Waals surface area contributed by atoms with Crippen molar-refractivity contribution in [1.29, 1.82) is 0 Å². The third-order valence-corrected chi connectivity index (χ3v) is 6.28. The minimum absolute atomic E-state index is 0. The molecule has 1 saturated carbocycles. The number of nitrogens with two attached hydrogens (primary N) is 1. The van der Waals surface area contributed by atoms with Gasteiger partial charge in [-0.05, 0) is 45.6 Å². The van der Waals surface area contributed by atoms with E-state index in [1.54, 1.807) is 11.3 Å². The van der Waals surface area contributed by atoms with Gasteiger partial charge in [0.05, 0.1) is 10.7 Å². The van der Waals surface area contributed by atoms with Gasteiger partial charge in [0.2, 0.25) is 0 Å². The van der Waals surface area contributed by atoms with Gasteiger partial charge in [-0.1, -0.05) is 12.8 Å². The Bertz CT molecular complexity index is 531. The fourth-order valence-corrected chi connectivity index (χ4v) is 4.88. The van der Waals surface area contributed by atoms with E-state index < -0.39 is 0 Å². The van der Waals surface area contributed by atoms with Crippen LogP contribution in [0, 0.1) is 12.8 Å². The van der Waals surface area contributed by atoms with Crippen LogP contribution in [0.4, 0.5) is 0 Å². The van der Waals surface area contributed by atoms with Crippen molar-refractivity contribution in [2.24, 2.45) is 11.7 Å². The number of carbonyl (C=O) groups excluding carboxylic acids is 1. The molecule has 132 valence electrons. The average Bonchev–Trinajstić information content (AvgIpc) is 3.16. The van der Waals surface area contributed by atoms with E-state index in [0.29, 0.717) is 24.4 Å². The lowest BCUT2D eigenvalue weighted by atomic mass is 10.1. The lowest BCUT2D eigenvalue weighted by molar-refractivity contribution is 0.0747. The third-order valence-electron chi connectivity index (χ3n) is 4.97. The number of likely N-dealkylation sites (tertiary alicyclic amines) is 1. The molecule has 1 aromatic heterocycles. The van der Waals surface area contributed by atoms with E-state index in [2.05, 4.69) is 6.92 Å². The molecule has 7 heteroatoms. The molecule has 0 aromatic carbocycles. The van der Waals surface area contributed by atoms with Crippen molar-refractivity contribution in [3.05, 3.63) is 15.6 Å². The molecule has 1 amide bonds. The first kappa shape index (κ1) is 20.7. The van der Waals surface area contributed by atoms with E-state index in [0.717, 1.165) is 23.5 Å². The second-order valence-corrected chi connectivity index (χ2v) is 7.62. The highest BCUT2D eigenvalue weighted by molar-refractivity contribution is 7.13. The SMILES string of the molecule is Cc1nc(C2CCCC2)sc1C(=O)N1CC(CN)CC1C.Cl.Cl. The predicted octanol–water partition coefficient (Wildman–Crippen LogP) is 3.76. The monoisotopic (exact) mass is 379 g/mol. The first-order valence-electron chi connectivity index (χ1n) is 8.08. The van der Waals surface area contributed by atoms with Crippen LogP contribution in [0.15, 0.2) is 0 Å². The predicted molar refractivity (Wildman–Crippen MR) is 100 cm³/mol. The van der Waals surface area contributed by atoms with Gasteiger partial charge < -0.3 is 10.6 Å². The standard InChI is InChI=1S/C16H25N3OS.2ClH/c1-10-7-12(8-17)9-19(10)16(20)14-11(2)18-15(21-14)13-5-3-4-6-13;;/h10,12-13H,3-9,17H2,1-2H3;2*1H. The fraction of sp³-hybridized carbons (Fsp3) is 0.750. The highest BCUT2D eigenvalue weighted by Gasteiger charge is 2.34. The van der Waals surface area contributed by atoms with Gasteiger partial charge in [-0.3, -0.25) is 4.79 Å². The minimum Gasteiger partial charge on any atom is -0.335 e. The summed E-state index contributed by atoms with van der Waals surface area (Å²) >= 11 is 1.63. The number of amides is 1. The molecule has 2 atom stereocenters. The van der Waals surface area contributed by atoms with Gasteiger partial charge in [0.1, 0.15) is 4.88 Å². The number of aromatic nitrogens is 1. The maximum Gasteiger partial charge on any atom is 0.266 e. The molecule has 0 bridgehead atoms. The number of thiazole rings is 1. The third kappa shape index (κ3) is 4.19. The summed E-state index contributed by atoms with van der Waals surface area (Å²) in [6.07, 6.45) is 6.09. The quantitative estimate of drug-likeness (QED) is 0.869. The normalized spacial score (nSPS) is 24.4. The summed E-state index contributed by atoms with van der Waals surface area (Å²) in [7, 11) is 0. The van der Waals surface area contributed by atoms with Crippen molar-refractivity contribution >= 4 is 42.1 Å². The molecule has 1 aliphatic heterocycles. The van der Waals surface area contributed by atoms with E-state index in [1.807, 2.05) is 11.8 Å². The fourth-order valence-electron chi connectivity index (χ4n) is 3.69. The Kier molecular flexibility index (Phi) is 7.78. The van der Waals surface area contributed by atoms with E-state index in [1.165, 1.54) is 30.7 Å². The van der Waals surface area contributed by atoms with Gasteiger partial charge in [0, 0.05) is 18.5 Å². The second kappa shape index (κ2) is 8.65. The molecule has 23 heavy (non-hydrogen) atoms. The van der Waals surface area contributed by atoms with Crippen LogP contribution >= 0.6 is 36.2 Å². The Balaban J connectivity index is 0.00000132. The van der Waals surface area contributed by atoms with Crippen LogP contribution in [0.1, 0.15) is 65.3 Å². The molecule has 1 saturated heterocycles. The molecule has 4 nitrogen and oxygen atoms in total. The van der Waals surface area contributed by atoms with Crippen LogP contribution in [0.5, 0.6) is 0 Å². The Morgan fingerprint density at radius 2 is 2.00 bits per heavy atom. The van der Waals surface area contributed by atoms with Crippen LogP contribution in [0.2, 0.25) is 0 Å². The molecule has 0 spiro atoms. The summed E-state index contributed by atoms with van der Waals surface area (Å²) in [4.78, 5) is 20.4. The molecule has 2 N–H and O–H groups in total. The van der Waals surface area contributed by atoms with Gasteiger partial charge in [0.25, 0.3) is 5.91 Å². The zero-order valence-corrected chi connectivity index (χ0v) is 16.2. The maximum absolute atomic E-state index is 12.8. The van der Waals surface area contributed by atoms with Gasteiger partial charge in [-0.2, -0.15) is 0 Å². The molecule has 2 aliphatic rings. The Morgan fingerprint density at radius 3 is 2.57 bits per heavy atom. The summed E-state index contributed by atoms with van der Waals surface area (Å²) in [5.41, 5.74) is 6.68. The number of rotatable bonds is 3. The van der Waals surface area contributed by atoms with Crippen LogP contribution in [-0.4, -0.2) is 34.9 Å². The lowest BCUT2D eigenvalue weighted by Gasteiger charge is -2.20. The topological polar surface area (TPSA) is 59.2 Å². The Hall–Kier alpha value is -0.360. The molecule has 1 aliphatic carbocycles. The molecular weight excluding hydrogens is 353 g/mol.